The molecule has 0 unspecified atom stereocenters. The highest BCUT2D eigenvalue weighted by molar-refractivity contribution is 6.02. The standard InChI is InChI=1S/C25H28N2O6/c1-3-32-24(30)25(33-18-31-2)15-14-22(28)27(25)21(16-19-10-6-4-7-11-19)23(29)26-17-20-12-8-5-9-13-20/h4-15,21H,3,16-18H2,1-2H3,(H,26,29)/t21-,25+/m0/s1. The molecule has 1 aliphatic heterocycles. The summed E-state index contributed by atoms with van der Waals surface area (Å²) in [6, 6.07) is 17.6. The first-order chi connectivity index (χ1) is 16.0. The molecule has 0 fully saturated rings. The topological polar surface area (TPSA) is 94.2 Å². The van der Waals surface area contributed by atoms with Gasteiger partial charge in [0.15, 0.2) is 0 Å². The number of benzene rings is 2. The fourth-order valence-corrected chi connectivity index (χ4v) is 3.66. The van der Waals surface area contributed by atoms with Crippen LogP contribution >= 0.6 is 0 Å². The summed E-state index contributed by atoms with van der Waals surface area (Å²) in [6.07, 6.45) is 2.70. The second-order valence-electron chi connectivity index (χ2n) is 7.42. The van der Waals surface area contributed by atoms with Crippen LogP contribution in [0.5, 0.6) is 0 Å². The SMILES string of the molecule is CCOC(=O)[C@]1(OCOC)C=CC(=O)N1[C@@H](Cc1ccccc1)C(=O)NCc1ccccc1. The normalized spacial score (nSPS) is 18.2. The van der Waals surface area contributed by atoms with Gasteiger partial charge in [-0.15, -0.1) is 0 Å². The second-order valence-corrected chi connectivity index (χ2v) is 7.42. The molecule has 0 aromatic heterocycles. The highest BCUT2D eigenvalue weighted by Crippen LogP contribution is 2.31. The number of nitrogens with one attached hydrogen (secondary N) is 1. The van der Waals surface area contributed by atoms with Crippen molar-refractivity contribution >= 4 is 17.8 Å². The third-order valence-electron chi connectivity index (χ3n) is 5.21. The van der Waals surface area contributed by atoms with Gasteiger partial charge in [-0.05, 0) is 24.1 Å². The summed E-state index contributed by atoms with van der Waals surface area (Å²) < 4.78 is 15.9. The molecule has 2 atom stereocenters. The van der Waals surface area contributed by atoms with Gasteiger partial charge in [-0.1, -0.05) is 60.7 Å². The van der Waals surface area contributed by atoms with Crippen LogP contribution in [-0.2, 0) is 41.6 Å². The highest BCUT2D eigenvalue weighted by Gasteiger charge is 2.54. The molecule has 2 aromatic rings. The van der Waals surface area contributed by atoms with Crippen molar-refractivity contribution in [3.63, 3.8) is 0 Å². The van der Waals surface area contributed by atoms with E-state index in [-0.39, 0.29) is 26.4 Å². The van der Waals surface area contributed by atoms with Crippen LogP contribution in [0.4, 0.5) is 0 Å². The quantitative estimate of drug-likeness (QED) is 0.415. The maximum Gasteiger partial charge on any atom is 0.364 e. The van der Waals surface area contributed by atoms with Crippen molar-refractivity contribution in [2.75, 3.05) is 20.5 Å². The number of amides is 2. The molecule has 33 heavy (non-hydrogen) atoms. The summed E-state index contributed by atoms with van der Waals surface area (Å²) in [5.74, 6) is -1.75. The Morgan fingerprint density at radius 1 is 1.03 bits per heavy atom. The van der Waals surface area contributed by atoms with Crippen molar-refractivity contribution in [2.24, 2.45) is 0 Å². The Morgan fingerprint density at radius 3 is 2.27 bits per heavy atom. The summed E-state index contributed by atoms with van der Waals surface area (Å²) in [5, 5.41) is 2.88. The summed E-state index contributed by atoms with van der Waals surface area (Å²) in [7, 11) is 1.40. The smallest absolute Gasteiger partial charge is 0.364 e. The molecule has 0 radical (unpaired) electrons. The maximum atomic E-state index is 13.4. The number of methoxy groups -OCH3 is 1. The number of hydrogen-bond donors (Lipinski definition) is 1. The van der Waals surface area contributed by atoms with Gasteiger partial charge in [0.05, 0.1) is 6.61 Å². The first-order valence-electron chi connectivity index (χ1n) is 10.7. The van der Waals surface area contributed by atoms with E-state index in [0.29, 0.717) is 0 Å². The van der Waals surface area contributed by atoms with Crippen molar-refractivity contribution in [2.45, 2.75) is 31.7 Å². The van der Waals surface area contributed by atoms with Crippen LogP contribution in [0.2, 0.25) is 0 Å². The first-order valence-corrected chi connectivity index (χ1v) is 10.7. The molecule has 0 saturated heterocycles. The molecular weight excluding hydrogens is 424 g/mol. The van der Waals surface area contributed by atoms with Crippen LogP contribution in [0.1, 0.15) is 18.1 Å². The molecule has 2 aromatic carbocycles. The highest BCUT2D eigenvalue weighted by atomic mass is 16.7. The Morgan fingerprint density at radius 2 is 1.67 bits per heavy atom. The van der Waals surface area contributed by atoms with E-state index in [1.165, 1.54) is 19.3 Å². The Kier molecular flexibility index (Phi) is 8.34. The first kappa shape index (κ1) is 24.2. The van der Waals surface area contributed by atoms with E-state index in [9.17, 15) is 14.4 Å². The summed E-state index contributed by atoms with van der Waals surface area (Å²) in [6.45, 7) is 1.72. The van der Waals surface area contributed by atoms with E-state index in [2.05, 4.69) is 5.32 Å². The Balaban J connectivity index is 1.95. The average molecular weight is 453 g/mol. The van der Waals surface area contributed by atoms with E-state index >= 15 is 0 Å². The van der Waals surface area contributed by atoms with Gasteiger partial charge in [0.25, 0.3) is 5.72 Å². The molecule has 1 aliphatic rings. The minimum absolute atomic E-state index is 0.0797. The molecule has 174 valence electrons. The van der Waals surface area contributed by atoms with Crippen LogP contribution in [0.15, 0.2) is 72.8 Å². The van der Waals surface area contributed by atoms with Crippen LogP contribution < -0.4 is 5.32 Å². The van der Waals surface area contributed by atoms with Gasteiger partial charge in [0.2, 0.25) is 11.8 Å². The van der Waals surface area contributed by atoms with E-state index in [0.717, 1.165) is 16.0 Å². The Hall–Kier alpha value is -3.49. The lowest BCUT2D eigenvalue weighted by Gasteiger charge is -2.39. The maximum absolute atomic E-state index is 13.4. The van der Waals surface area contributed by atoms with Gasteiger partial charge in [0.1, 0.15) is 12.8 Å². The van der Waals surface area contributed by atoms with Crippen molar-refractivity contribution in [3.05, 3.63) is 83.9 Å². The average Bonchev–Trinajstić information content (AvgIpc) is 3.18. The van der Waals surface area contributed by atoms with Gasteiger partial charge in [-0.25, -0.2) is 4.79 Å². The third kappa shape index (κ3) is 5.66. The molecule has 0 aliphatic carbocycles. The molecule has 0 spiro atoms. The van der Waals surface area contributed by atoms with Crippen molar-refractivity contribution in [1.29, 1.82) is 0 Å². The van der Waals surface area contributed by atoms with Crippen LogP contribution in [0.25, 0.3) is 0 Å². The van der Waals surface area contributed by atoms with E-state index in [1.54, 1.807) is 6.92 Å². The number of nitrogens with zero attached hydrogens (tertiary/aromatic N) is 1. The molecule has 1 heterocycles. The molecule has 0 bridgehead atoms. The fraction of sp³-hybridized carbons (Fsp3) is 0.320. The Bertz CT molecular complexity index is 979. The summed E-state index contributed by atoms with van der Waals surface area (Å²) in [5.41, 5.74) is -0.184. The van der Waals surface area contributed by atoms with Crippen molar-refractivity contribution in [3.8, 4) is 0 Å². The zero-order valence-electron chi connectivity index (χ0n) is 18.7. The molecule has 3 rings (SSSR count). The van der Waals surface area contributed by atoms with E-state index in [1.807, 2.05) is 60.7 Å². The van der Waals surface area contributed by atoms with Gasteiger partial charge >= 0.3 is 5.97 Å². The number of rotatable bonds is 11. The summed E-state index contributed by atoms with van der Waals surface area (Å²) >= 11 is 0. The fourth-order valence-electron chi connectivity index (χ4n) is 3.66. The van der Waals surface area contributed by atoms with Gasteiger partial charge in [0, 0.05) is 26.2 Å². The molecule has 2 amide bonds. The number of carbonyl (C=O) groups excluding carboxylic acids is 3. The van der Waals surface area contributed by atoms with Gasteiger partial charge < -0.3 is 19.5 Å². The third-order valence-corrected chi connectivity index (χ3v) is 5.21. The largest absolute Gasteiger partial charge is 0.462 e. The molecule has 8 nitrogen and oxygen atoms in total. The van der Waals surface area contributed by atoms with Crippen molar-refractivity contribution < 1.29 is 28.6 Å². The van der Waals surface area contributed by atoms with Crippen LogP contribution in [0, 0.1) is 0 Å². The lowest BCUT2D eigenvalue weighted by Crippen LogP contribution is -2.62. The van der Waals surface area contributed by atoms with Crippen LogP contribution in [-0.4, -0.2) is 55.0 Å². The number of esters is 1. The lowest BCUT2D eigenvalue weighted by atomic mass is 10.0. The summed E-state index contributed by atoms with van der Waals surface area (Å²) in [4.78, 5) is 40.6. The molecule has 0 saturated carbocycles. The molecule has 8 heteroatoms. The molecule has 1 N–H and O–H groups in total. The predicted molar refractivity (Wildman–Crippen MR) is 121 cm³/mol. The minimum Gasteiger partial charge on any atom is -0.462 e. The lowest BCUT2D eigenvalue weighted by molar-refractivity contribution is -0.211. The number of hydrogen-bond acceptors (Lipinski definition) is 6. The monoisotopic (exact) mass is 452 g/mol. The van der Waals surface area contributed by atoms with E-state index in [4.69, 9.17) is 14.2 Å². The molecular formula is C25H28N2O6. The predicted octanol–water partition coefficient (Wildman–Crippen LogP) is 2.19. The zero-order chi connectivity index (χ0) is 23.7. The number of carbonyl (C=O) groups is 3. The Labute approximate surface area is 193 Å². The van der Waals surface area contributed by atoms with Crippen molar-refractivity contribution in [1.82, 2.24) is 10.2 Å². The zero-order valence-corrected chi connectivity index (χ0v) is 18.7. The second kappa shape index (κ2) is 11.4. The van der Waals surface area contributed by atoms with E-state index < -0.39 is 29.6 Å². The number of ether oxygens (including phenoxy) is 3. The van der Waals surface area contributed by atoms with Crippen LogP contribution in [0.3, 0.4) is 0 Å². The van der Waals surface area contributed by atoms with Gasteiger partial charge in [-0.2, -0.15) is 0 Å². The van der Waals surface area contributed by atoms with Gasteiger partial charge in [-0.3, -0.25) is 14.5 Å². The minimum atomic E-state index is -1.91.